The van der Waals surface area contributed by atoms with Crippen LogP contribution in [0.2, 0.25) is 5.02 Å². The first-order chi connectivity index (χ1) is 20.1. The number of pyridine rings is 1. The second-order valence-corrected chi connectivity index (χ2v) is 12.8. The molecule has 0 bridgehead atoms. The van der Waals surface area contributed by atoms with Crippen molar-refractivity contribution in [3.8, 4) is 11.8 Å². The highest BCUT2D eigenvalue weighted by Crippen LogP contribution is 2.40. The molecule has 8 nitrogen and oxygen atoms in total. The zero-order chi connectivity index (χ0) is 28.2. The minimum absolute atomic E-state index is 0.464. The third-order valence-corrected chi connectivity index (χ3v) is 9.98. The van der Waals surface area contributed by atoms with E-state index in [1.807, 2.05) is 47.8 Å². The lowest BCUT2D eigenvalue weighted by Crippen LogP contribution is -2.35. The molecule has 0 aliphatic carbocycles. The van der Waals surface area contributed by atoms with Gasteiger partial charge in [0.2, 0.25) is 0 Å². The Balaban J connectivity index is 1.31. The summed E-state index contributed by atoms with van der Waals surface area (Å²) in [6, 6.07) is 12.3. The average molecular weight is 606 g/mol. The smallest absolute Gasteiger partial charge is 0.172 e. The van der Waals surface area contributed by atoms with Crippen LogP contribution in [0.5, 0.6) is 5.75 Å². The van der Waals surface area contributed by atoms with Crippen LogP contribution in [0, 0.1) is 11.3 Å². The molecule has 2 aromatic heterocycles. The summed E-state index contributed by atoms with van der Waals surface area (Å²) in [7, 11) is 1.96. The van der Waals surface area contributed by atoms with E-state index in [2.05, 4.69) is 43.3 Å². The molecule has 0 unspecified atom stereocenters. The first-order valence-electron chi connectivity index (χ1n) is 13.9. The maximum absolute atomic E-state index is 9.99. The number of hydrogen-bond donors (Lipinski definition) is 1. The van der Waals surface area contributed by atoms with E-state index in [-0.39, 0.29) is 0 Å². The van der Waals surface area contributed by atoms with Crippen molar-refractivity contribution in [3.63, 3.8) is 0 Å². The van der Waals surface area contributed by atoms with Crippen molar-refractivity contribution in [2.24, 2.45) is 7.05 Å². The van der Waals surface area contributed by atoms with Gasteiger partial charge in [-0.05, 0) is 43.2 Å². The number of hydrogen-bond acceptors (Lipinski definition) is 9. The summed E-state index contributed by atoms with van der Waals surface area (Å²) >= 11 is 10.2. The Bertz CT molecular complexity index is 1580. The minimum Gasteiger partial charge on any atom is -0.490 e. The molecule has 0 amide bonds. The van der Waals surface area contributed by atoms with Gasteiger partial charge in [-0.1, -0.05) is 23.4 Å². The number of anilines is 3. The van der Waals surface area contributed by atoms with E-state index in [9.17, 15) is 5.26 Å². The molecule has 41 heavy (non-hydrogen) atoms. The summed E-state index contributed by atoms with van der Waals surface area (Å²) in [5.74, 6) is 3.20. The number of nitrogens with zero attached hydrogens (tertiary/aromatic N) is 6. The molecule has 4 heterocycles. The second kappa shape index (κ2) is 12.8. The standard InChI is InChI=1S/C30H32ClN7OS2/c1-36-9-6-33-30(36)41-28-5-4-22(16-24(28)31)35-29-21(19-32)20-34-25-18-26(38-7-2-3-8-38)27(17-23(25)29)39-13-10-37-11-14-40-15-12-37/h4-6,9,16-18,20H,2-3,7-8,10-15H2,1H3,(H,34,35). The highest BCUT2D eigenvalue weighted by molar-refractivity contribution is 7.99. The molecule has 2 fully saturated rings. The number of imidazole rings is 1. The first-order valence-corrected chi connectivity index (χ1v) is 16.2. The molecule has 2 aromatic carbocycles. The van der Waals surface area contributed by atoms with Crippen LogP contribution in [0.4, 0.5) is 17.1 Å². The minimum atomic E-state index is 0.464. The Labute approximate surface area is 254 Å². The van der Waals surface area contributed by atoms with Gasteiger partial charge in [-0.3, -0.25) is 9.88 Å². The van der Waals surface area contributed by atoms with Crippen molar-refractivity contribution < 1.29 is 4.74 Å². The number of ether oxygens (including phenoxy) is 1. The molecule has 2 saturated heterocycles. The molecule has 0 spiro atoms. The van der Waals surface area contributed by atoms with Crippen molar-refractivity contribution in [1.82, 2.24) is 19.4 Å². The summed E-state index contributed by atoms with van der Waals surface area (Å²) in [4.78, 5) is 14.8. The van der Waals surface area contributed by atoms with Crippen LogP contribution in [0.15, 0.2) is 59.0 Å². The SMILES string of the molecule is Cn1ccnc1Sc1ccc(Nc2c(C#N)cnc3cc(N4CCCC4)c(OCCN4CCSCC4)cc23)cc1Cl. The maximum Gasteiger partial charge on any atom is 0.172 e. The van der Waals surface area contributed by atoms with Crippen LogP contribution in [-0.4, -0.2) is 70.3 Å². The Kier molecular flexibility index (Phi) is 8.77. The molecular formula is C30H32ClN7OS2. The molecular weight excluding hydrogens is 574 g/mol. The Morgan fingerprint density at radius 1 is 1.12 bits per heavy atom. The van der Waals surface area contributed by atoms with Gasteiger partial charge in [-0.25, -0.2) is 4.98 Å². The van der Waals surface area contributed by atoms with Crippen molar-refractivity contribution in [2.75, 3.05) is 61.1 Å². The van der Waals surface area contributed by atoms with Gasteiger partial charge in [-0.2, -0.15) is 17.0 Å². The van der Waals surface area contributed by atoms with Crippen molar-refractivity contribution in [3.05, 3.63) is 59.5 Å². The zero-order valence-corrected chi connectivity index (χ0v) is 25.4. The average Bonchev–Trinajstić information content (AvgIpc) is 3.67. The van der Waals surface area contributed by atoms with Crippen molar-refractivity contribution in [2.45, 2.75) is 22.9 Å². The Hall–Kier alpha value is -3.10. The second-order valence-electron chi connectivity index (χ2n) is 10.2. The number of benzene rings is 2. The molecule has 0 radical (unpaired) electrons. The molecule has 0 saturated carbocycles. The van der Waals surface area contributed by atoms with E-state index in [4.69, 9.17) is 16.3 Å². The third-order valence-electron chi connectivity index (χ3n) is 7.46. The van der Waals surface area contributed by atoms with E-state index in [1.54, 1.807) is 12.4 Å². The van der Waals surface area contributed by atoms with Crippen LogP contribution in [0.3, 0.4) is 0 Å². The number of fused-ring (bicyclic) bond motifs is 1. The molecule has 212 valence electrons. The van der Waals surface area contributed by atoms with Gasteiger partial charge >= 0.3 is 0 Å². The molecule has 2 aliphatic heterocycles. The topological polar surface area (TPSA) is 82.2 Å². The number of rotatable bonds is 9. The predicted octanol–water partition coefficient (Wildman–Crippen LogP) is 6.42. The van der Waals surface area contributed by atoms with Crippen LogP contribution >= 0.6 is 35.1 Å². The van der Waals surface area contributed by atoms with E-state index < -0.39 is 0 Å². The fourth-order valence-corrected chi connectivity index (χ4v) is 7.29. The van der Waals surface area contributed by atoms with Crippen molar-refractivity contribution >= 4 is 63.1 Å². The van der Waals surface area contributed by atoms with Gasteiger partial charge < -0.3 is 19.5 Å². The molecule has 0 atom stereocenters. The lowest BCUT2D eigenvalue weighted by Gasteiger charge is -2.27. The number of aromatic nitrogens is 3. The van der Waals surface area contributed by atoms with Crippen LogP contribution in [-0.2, 0) is 7.05 Å². The Morgan fingerprint density at radius 3 is 2.68 bits per heavy atom. The van der Waals surface area contributed by atoms with E-state index in [0.717, 1.165) is 70.8 Å². The Morgan fingerprint density at radius 2 is 1.95 bits per heavy atom. The van der Waals surface area contributed by atoms with Crippen LogP contribution in [0.25, 0.3) is 10.9 Å². The van der Waals surface area contributed by atoms with E-state index >= 15 is 0 Å². The normalized spacial score (nSPS) is 15.8. The number of thioether (sulfide) groups is 1. The van der Waals surface area contributed by atoms with Gasteiger partial charge in [0.15, 0.2) is 5.16 Å². The number of nitriles is 1. The first kappa shape index (κ1) is 28.0. The fourth-order valence-electron chi connectivity index (χ4n) is 5.21. The monoisotopic (exact) mass is 605 g/mol. The van der Waals surface area contributed by atoms with Crippen LogP contribution in [0.1, 0.15) is 18.4 Å². The zero-order valence-electron chi connectivity index (χ0n) is 23.0. The predicted molar refractivity (Wildman–Crippen MR) is 169 cm³/mol. The summed E-state index contributed by atoms with van der Waals surface area (Å²) in [5, 5.41) is 15.8. The highest BCUT2D eigenvalue weighted by atomic mass is 35.5. The number of halogens is 1. The van der Waals surface area contributed by atoms with Crippen molar-refractivity contribution in [1.29, 1.82) is 5.26 Å². The summed E-state index contributed by atoms with van der Waals surface area (Å²) < 4.78 is 8.43. The van der Waals surface area contributed by atoms with Gasteiger partial charge in [0.1, 0.15) is 18.4 Å². The lowest BCUT2D eigenvalue weighted by molar-refractivity contribution is 0.223. The molecule has 2 aliphatic rings. The summed E-state index contributed by atoms with van der Waals surface area (Å²) in [6.07, 6.45) is 7.66. The lowest BCUT2D eigenvalue weighted by atomic mass is 10.1. The third kappa shape index (κ3) is 6.38. The summed E-state index contributed by atoms with van der Waals surface area (Å²) in [6.45, 7) is 5.75. The maximum atomic E-state index is 9.99. The quantitative estimate of drug-likeness (QED) is 0.232. The van der Waals surface area contributed by atoms with Gasteiger partial charge in [0.05, 0.1) is 27.5 Å². The van der Waals surface area contributed by atoms with Gasteiger partial charge in [-0.15, -0.1) is 0 Å². The molecule has 11 heteroatoms. The molecule has 4 aromatic rings. The molecule has 1 N–H and O–H groups in total. The summed E-state index contributed by atoms with van der Waals surface area (Å²) in [5.41, 5.74) is 3.85. The highest BCUT2D eigenvalue weighted by Gasteiger charge is 2.21. The number of nitrogens with one attached hydrogen (secondary N) is 1. The number of aryl methyl sites for hydroxylation is 1. The van der Waals surface area contributed by atoms with E-state index in [0.29, 0.717) is 22.9 Å². The largest absolute Gasteiger partial charge is 0.490 e. The van der Waals surface area contributed by atoms with Crippen LogP contribution < -0.4 is 15.0 Å². The molecule has 6 rings (SSSR count). The van der Waals surface area contributed by atoms with Gasteiger partial charge in [0, 0.05) is 85.8 Å². The van der Waals surface area contributed by atoms with Gasteiger partial charge in [0.25, 0.3) is 0 Å². The fraction of sp³-hybridized carbons (Fsp3) is 0.367. The van der Waals surface area contributed by atoms with E-state index in [1.165, 1.54) is 36.1 Å².